The smallest absolute Gasteiger partial charge is 0.227 e. The van der Waals surface area contributed by atoms with Crippen molar-refractivity contribution in [3.8, 4) is 5.88 Å². The van der Waals surface area contributed by atoms with Crippen LogP contribution in [0.15, 0.2) is 18.3 Å². The average Bonchev–Trinajstić information content (AvgIpc) is 2.72. The van der Waals surface area contributed by atoms with Crippen LogP contribution < -0.4 is 9.64 Å². The van der Waals surface area contributed by atoms with Crippen LogP contribution in [0.4, 0.5) is 5.69 Å². The molecule has 0 saturated carbocycles. The summed E-state index contributed by atoms with van der Waals surface area (Å²) in [4.78, 5) is 17.7. The first-order valence-electron chi connectivity index (χ1n) is 5.74. The molecule has 0 spiro atoms. The first kappa shape index (κ1) is 12.2. The van der Waals surface area contributed by atoms with E-state index in [0.717, 1.165) is 18.0 Å². The van der Waals surface area contributed by atoms with Crippen LogP contribution in [0, 0.1) is 5.92 Å². The van der Waals surface area contributed by atoms with Crippen molar-refractivity contribution in [2.24, 2.45) is 5.92 Å². The predicted molar refractivity (Wildman–Crippen MR) is 69.7 cm³/mol. The molecule has 1 amide bonds. The molecule has 1 fully saturated rings. The molecule has 0 bridgehead atoms. The average molecular weight is 252 g/mol. The fourth-order valence-corrected chi connectivity index (χ4v) is 2.16. The summed E-state index contributed by atoms with van der Waals surface area (Å²) in [5, 5.41) is 0. The standard InChI is InChI=1S/C12H16N2O2S/c1-2-16-11-4-3-10(6-13-11)14-7-9(8-17)5-12(14)15/h3-4,6,9,17H,2,5,7-8H2,1H3. The van der Waals surface area contributed by atoms with Gasteiger partial charge in [-0.2, -0.15) is 12.6 Å². The molecule has 0 aromatic carbocycles. The number of hydrogen-bond acceptors (Lipinski definition) is 4. The number of rotatable bonds is 4. The zero-order valence-electron chi connectivity index (χ0n) is 9.80. The summed E-state index contributed by atoms with van der Waals surface area (Å²) in [6.07, 6.45) is 2.26. The van der Waals surface area contributed by atoms with Crippen LogP contribution in [0.3, 0.4) is 0 Å². The van der Waals surface area contributed by atoms with E-state index in [9.17, 15) is 4.79 Å². The lowest BCUT2D eigenvalue weighted by Gasteiger charge is -2.16. The molecule has 2 rings (SSSR count). The number of carbonyl (C=O) groups is 1. The number of pyridine rings is 1. The van der Waals surface area contributed by atoms with E-state index in [4.69, 9.17) is 4.74 Å². The van der Waals surface area contributed by atoms with Gasteiger partial charge in [-0.1, -0.05) is 0 Å². The lowest BCUT2D eigenvalue weighted by Crippen LogP contribution is -2.24. The van der Waals surface area contributed by atoms with Gasteiger partial charge in [-0.3, -0.25) is 4.79 Å². The van der Waals surface area contributed by atoms with Gasteiger partial charge in [-0.05, 0) is 24.7 Å². The molecule has 1 aliphatic rings. The van der Waals surface area contributed by atoms with Crippen molar-refractivity contribution < 1.29 is 9.53 Å². The third-order valence-electron chi connectivity index (χ3n) is 2.79. The Hall–Kier alpha value is -1.23. The Bertz CT molecular complexity index is 394. The predicted octanol–water partition coefficient (Wildman–Crippen LogP) is 1.76. The molecule has 0 N–H and O–H groups in total. The van der Waals surface area contributed by atoms with E-state index in [1.54, 1.807) is 17.2 Å². The molecule has 17 heavy (non-hydrogen) atoms. The number of hydrogen-bond donors (Lipinski definition) is 1. The van der Waals surface area contributed by atoms with Crippen molar-refractivity contribution in [3.63, 3.8) is 0 Å². The lowest BCUT2D eigenvalue weighted by atomic mass is 10.1. The molecule has 1 aliphatic heterocycles. The van der Waals surface area contributed by atoms with E-state index in [-0.39, 0.29) is 5.91 Å². The Morgan fingerprint density at radius 2 is 2.41 bits per heavy atom. The van der Waals surface area contributed by atoms with Gasteiger partial charge >= 0.3 is 0 Å². The van der Waals surface area contributed by atoms with Gasteiger partial charge in [0.25, 0.3) is 0 Å². The highest BCUT2D eigenvalue weighted by Crippen LogP contribution is 2.25. The molecule has 1 atom stereocenters. The van der Waals surface area contributed by atoms with Crippen molar-refractivity contribution >= 4 is 24.2 Å². The molecular formula is C12H16N2O2S. The zero-order valence-corrected chi connectivity index (χ0v) is 10.7. The Morgan fingerprint density at radius 3 is 2.94 bits per heavy atom. The molecule has 5 heteroatoms. The zero-order chi connectivity index (χ0) is 12.3. The molecule has 4 nitrogen and oxygen atoms in total. The number of thiol groups is 1. The second kappa shape index (κ2) is 5.40. The molecule has 1 saturated heterocycles. The van der Waals surface area contributed by atoms with E-state index in [0.29, 0.717) is 24.8 Å². The minimum atomic E-state index is 0.148. The van der Waals surface area contributed by atoms with Gasteiger partial charge < -0.3 is 9.64 Å². The fraction of sp³-hybridized carbons (Fsp3) is 0.500. The summed E-state index contributed by atoms with van der Waals surface area (Å²) < 4.78 is 5.27. The maximum Gasteiger partial charge on any atom is 0.227 e. The summed E-state index contributed by atoms with van der Waals surface area (Å²) in [5.74, 6) is 1.83. The molecule has 1 aromatic heterocycles. The summed E-state index contributed by atoms with van der Waals surface area (Å²) in [5.41, 5.74) is 0.836. The van der Waals surface area contributed by atoms with Gasteiger partial charge in [-0.15, -0.1) is 0 Å². The van der Waals surface area contributed by atoms with Gasteiger partial charge in [0, 0.05) is 19.0 Å². The van der Waals surface area contributed by atoms with E-state index in [2.05, 4.69) is 17.6 Å². The van der Waals surface area contributed by atoms with Crippen LogP contribution in [-0.2, 0) is 4.79 Å². The largest absolute Gasteiger partial charge is 0.478 e. The van der Waals surface area contributed by atoms with Crippen LogP contribution in [0.1, 0.15) is 13.3 Å². The molecule has 0 radical (unpaired) electrons. The third-order valence-corrected chi connectivity index (χ3v) is 3.30. The van der Waals surface area contributed by atoms with Gasteiger partial charge in [0.1, 0.15) is 0 Å². The van der Waals surface area contributed by atoms with Crippen LogP contribution in [0.5, 0.6) is 5.88 Å². The number of aromatic nitrogens is 1. The van der Waals surface area contributed by atoms with E-state index in [1.807, 2.05) is 13.0 Å². The van der Waals surface area contributed by atoms with Crippen molar-refractivity contribution in [3.05, 3.63) is 18.3 Å². The summed E-state index contributed by atoms with van der Waals surface area (Å²) >= 11 is 4.24. The van der Waals surface area contributed by atoms with Gasteiger partial charge in [0.2, 0.25) is 11.8 Å². The third kappa shape index (κ3) is 2.72. The topological polar surface area (TPSA) is 42.4 Å². The molecule has 92 valence electrons. The Morgan fingerprint density at radius 1 is 1.59 bits per heavy atom. The van der Waals surface area contributed by atoms with Crippen LogP contribution in [0.25, 0.3) is 0 Å². The normalized spacial score (nSPS) is 19.8. The SMILES string of the molecule is CCOc1ccc(N2CC(CS)CC2=O)cn1. The number of amides is 1. The molecule has 1 aromatic rings. The van der Waals surface area contributed by atoms with E-state index in [1.165, 1.54) is 0 Å². The van der Waals surface area contributed by atoms with Crippen molar-refractivity contribution in [2.75, 3.05) is 23.8 Å². The maximum absolute atomic E-state index is 11.8. The maximum atomic E-state index is 11.8. The second-order valence-corrected chi connectivity index (χ2v) is 4.41. The highest BCUT2D eigenvalue weighted by Gasteiger charge is 2.29. The molecule has 0 aliphatic carbocycles. The Balaban J connectivity index is 2.09. The van der Waals surface area contributed by atoms with E-state index >= 15 is 0 Å². The highest BCUT2D eigenvalue weighted by molar-refractivity contribution is 7.80. The van der Waals surface area contributed by atoms with Crippen LogP contribution in [0.2, 0.25) is 0 Å². The lowest BCUT2D eigenvalue weighted by molar-refractivity contribution is -0.117. The number of anilines is 1. The Kier molecular flexibility index (Phi) is 3.89. The van der Waals surface area contributed by atoms with Gasteiger partial charge in [-0.25, -0.2) is 4.98 Å². The fourth-order valence-electron chi connectivity index (χ4n) is 1.92. The number of nitrogens with zero attached hydrogens (tertiary/aromatic N) is 2. The first-order valence-corrected chi connectivity index (χ1v) is 6.38. The summed E-state index contributed by atoms with van der Waals surface area (Å²) in [6.45, 7) is 3.24. The number of ether oxygens (including phenoxy) is 1. The van der Waals surface area contributed by atoms with Crippen molar-refractivity contribution in [2.45, 2.75) is 13.3 Å². The van der Waals surface area contributed by atoms with Crippen molar-refractivity contribution in [1.29, 1.82) is 0 Å². The first-order chi connectivity index (χ1) is 8.24. The molecule has 1 unspecified atom stereocenters. The minimum Gasteiger partial charge on any atom is -0.478 e. The van der Waals surface area contributed by atoms with E-state index < -0.39 is 0 Å². The molecule has 2 heterocycles. The van der Waals surface area contributed by atoms with Crippen molar-refractivity contribution in [1.82, 2.24) is 4.98 Å². The number of carbonyl (C=O) groups excluding carboxylic acids is 1. The van der Waals surface area contributed by atoms with Gasteiger partial charge in [0.15, 0.2) is 0 Å². The quantitative estimate of drug-likeness (QED) is 0.830. The second-order valence-electron chi connectivity index (χ2n) is 4.04. The highest BCUT2D eigenvalue weighted by atomic mass is 32.1. The summed E-state index contributed by atoms with van der Waals surface area (Å²) in [6, 6.07) is 3.66. The Labute approximate surface area is 106 Å². The summed E-state index contributed by atoms with van der Waals surface area (Å²) in [7, 11) is 0. The molecular weight excluding hydrogens is 236 g/mol. The van der Waals surface area contributed by atoms with Gasteiger partial charge in [0.05, 0.1) is 18.5 Å². The monoisotopic (exact) mass is 252 g/mol. The van der Waals surface area contributed by atoms with Crippen LogP contribution in [-0.4, -0.2) is 29.8 Å². The van der Waals surface area contributed by atoms with Crippen LogP contribution >= 0.6 is 12.6 Å². The minimum absolute atomic E-state index is 0.148.